The number of para-hydroxylation sites is 1. The van der Waals surface area contributed by atoms with Crippen molar-refractivity contribution in [3.05, 3.63) is 72.6 Å². The molecule has 1 amide bonds. The molecule has 8 nitrogen and oxygen atoms in total. The van der Waals surface area contributed by atoms with Crippen LogP contribution in [0.5, 0.6) is 11.5 Å². The van der Waals surface area contributed by atoms with Crippen molar-refractivity contribution in [2.45, 2.75) is 18.5 Å². The number of anilines is 1. The molecule has 4 aromatic rings. The number of carbonyl (C=O) groups excluding carboxylic acids is 1. The summed E-state index contributed by atoms with van der Waals surface area (Å²) in [6.07, 6.45) is 4.28. The number of benzene rings is 2. The maximum Gasteiger partial charge on any atom is 0.234 e. The number of amides is 1. The Labute approximate surface area is 201 Å². The van der Waals surface area contributed by atoms with Crippen molar-refractivity contribution in [2.75, 3.05) is 24.3 Å². The van der Waals surface area contributed by atoms with Crippen LogP contribution in [-0.2, 0) is 4.79 Å². The smallest absolute Gasteiger partial charge is 0.234 e. The Balaban J connectivity index is 1.36. The molecule has 0 fully saturated rings. The maximum absolute atomic E-state index is 12.7. The summed E-state index contributed by atoms with van der Waals surface area (Å²) < 4.78 is 13.3. The monoisotopic (exact) mass is 473 g/mol. The Morgan fingerprint density at radius 1 is 1.03 bits per heavy atom. The van der Waals surface area contributed by atoms with E-state index in [9.17, 15) is 4.79 Å². The molecule has 0 aliphatic carbocycles. The van der Waals surface area contributed by atoms with Crippen LogP contribution in [0.2, 0.25) is 0 Å². The van der Waals surface area contributed by atoms with Gasteiger partial charge in [0.25, 0.3) is 0 Å². The molecule has 3 heterocycles. The van der Waals surface area contributed by atoms with Crippen LogP contribution in [0.25, 0.3) is 17.1 Å². The number of aryl methyl sites for hydroxylation is 1. The first-order chi connectivity index (χ1) is 16.7. The first-order valence-corrected chi connectivity index (χ1v) is 11.9. The SMILES string of the molecule is Cc1ccccc1-n1c(SCC(=O)Nc2ccc3c(c2)OCCCO3)nnc1-c1ccncc1. The first kappa shape index (κ1) is 22.0. The molecule has 0 bridgehead atoms. The van der Waals surface area contributed by atoms with Gasteiger partial charge in [-0.25, -0.2) is 0 Å². The van der Waals surface area contributed by atoms with Crippen LogP contribution in [0.4, 0.5) is 5.69 Å². The van der Waals surface area contributed by atoms with Gasteiger partial charge in [-0.2, -0.15) is 0 Å². The summed E-state index contributed by atoms with van der Waals surface area (Å²) in [6, 6.07) is 17.2. The molecule has 5 rings (SSSR count). The van der Waals surface area contributed by atoms with Crippen molar-refractivity contribution in [3.8, 4) is 28.6 Å². The summed E-state index contributed by atoms with van der Waals surface area (Å²) in [7, 11) is 0. The minimum Gasteiger partial charge on any atom is -0.490 e. The number of rotatable bonds is 6. The summed E-state index contributed by atoms with van der Waals surface area (Å²) in [5.74, 6) is 2.06. The second-order valence-corrected chi connectivity index (χ2v) is 8.66. The van der Waals surface area contributed by atoms with E-state index in [1.807, 2.05) is 60.0 Å². The van der Waals surface area contributed by atoms with Crippen molar-refractivity contribution in [3.63, 3.8) is 0 Å². The number of pyridine rings is 1. The number of ether oxygens (including phenoxy) is 2. The molecule has 0 radical (unpaired) electrons. The fourth-order valence-electron chi connectivity index (χ4n) is 3.65. The van der Waals surface area contributed by atoms with E-state index in [0.29, 0.717) is 41.4 Å². The quantitative estimate of drug-likeness (QED) is 0.412. The highest BCUT2D eigenvalue weighted by atomic mass is 32.2. The van der Waals surface area contributed by atoms with Gasteiger partial charge in [-0.05, 0) is 42.8 Å². The van der Waals surface area contributed by atoms with Gasteiger partial charge >= 0.3 is 0 Å². The van der Waals surface area contributed by atoms with Crippen LogP contribution in [0.1, 0.15) is 12.0 Å². The zero-order valence-electron chi connectivity index (χ0n) is 18.6. The lowest BCUT2D eigenvalue weighted by atomic mass is 10.2. The lowest BCUT2D eigenvalue weighted by molar-refractivity contribution is -0.113. The number of thioether (sulfide) groups is 1. The largest absolute Gasteiger partial charge is 0.490 e. The topological polar surface area (TPSA) is 91.2 Å². The van der Waals surface area contributed by atoms with Gasteiger partial charge in [0, 0.05) is 36.1 Å². The van der Waals surface area contributed by atoms with Crippen molar-refractivity contribution in [1.29, 1.82) is 0 Å². The lowest BCUT2D eigenvalue weighted by Crippen LogP contribution is -2.14. The Morgan fingerprint density at radius 3 is 2.65 bits per heavy atom. The molecule has 1 aliphatic heterocycles. The van der Waals surface area contributed by atoms with E-state index in [0.717, 1.165) is 23.2 Å². The third-order valence-electron chi connectivity index (χ3n) is 5.29. The summed E-state index contributed by atoms with van der Waals surface area (Å²) in [6.45, 7) is 3.25. The van der Waals surface area contributed by atoms with Gasteiger partial charge in [0.1, 0.15) is 0 Å². The summed E-state index contributed by atoms with van der Waals surface area (Å²) in [5.41, 5.74) is 3.60. The van der Waals surface area contributed by atoms with Crippen LogP contribution in [-0.4, -0.2) is 44.6 Å². The number of carbonyl (C=O) groups is 1. The van der Waals surface area contributed by atoms with Gasteiger partial charge in [0.2, 0.25) is 5.91 Å². The Hall–Kier alpha value is -3.85. The maximum atomic E-state index is 12.7. The average molecular weight is 474 g/mol. The van der Waals surface area contributed by atoms with E-state index in [1.54, 1.807) is 18.5 Å². The Morgan fingerprint density at radius 2 is 1.82 bits per heavy atom. The highest BCUT2D eigenvalue weighted by molar-refractivity contribution is 7.99. The highest BCUT2D eigenvalue weighted by Crippen LogP contribution is 2.33. The third-order valence-corrected chi connectivity index (χ3v) is 6.22. The molecule has 2 aromatic carbocycles. The predicted octanol–water partition coefficient (Wildman–Crippen LogP) is 4.53. The van der Waals surface area contributed by atoms with Gasteiger partial charge in [-0.3, -0.25) is 14.3 Å². The first-order valence-electron chi connectivity index (χ1n) is 10.9. The molecule has 0 saturated heterocycles. The molecule has 34 heavy (non-hydrogen) atoms. The van der Waals surface area contributed by atoms with Crippen molar-refractivity contribution < 1.29 is 14.3 Å². The Bertz CT molecular complexity index is 1310. The molecule has 0 atom stereocenters. The minimum absolute atomic E-state index is 0.149. The van der Waals surface area contributed by atoms with Gasteiger partial charge in [0.05, 0.1) is 24.7 Å². The highest BCUT2D eigenvalue weighted by Gasteiger charge is 2.19. The van der Waals surface area contributed by atoms with Crippen LogP contribution in [0.15, 0.2) is 72.1 Å². The van der Waals surface area contributed by atoms with Gasteiger partial charge in [-0.15, -0.1) is 10.2 Å². The van der Waals surface area contributed by atoms with Gasteiger partial charge < -0.3 is 14.8 Å². The molecule has 1 aliphatic rings. The lowest BCUT2D eigenvalue weighted by Gasteiger charge is -2.13. The molecule has 2 aromatic heterocycles. The van der Waals surface area contributed by atoms with Crippen LogP contribution < -0.4 is 14.8 Å². The van der Waals surface area contributed by atoms with E-state index in [2.05, 4.69) is 20.5 Å². The van der Waals surface area contributed by atoms with Gasteiger partial charge in [-0.1, -0.05) is 30.0 Å². The number of hydrogen-bond acceptors (Lipinski definition) is 7. The van der Waals surface area contributed by atoms with E-state index < -0.39 is 0 Å². The van der Waals surface area contributed by atoms with E-state index in [4.69, 9.17) is 9.47 Å². The minimum atomic E-state index is -0.149. The predicted molar refractivity (Wildman–Crippen MR) is 131 cm³/mol. The van der Waals surface area contributed by atoms with Gasteiger partial charge in [0.15, 0.2) is 22.5 Å². The van der Waals surface area contributed by atoms with Crippen molar-refractivity contribution >= 4 is 23.4 Å². The Kier molecular flexibility index (Phi) is 6.44. The van der Waals surface area contributed by atoms with E-state index in [-0.39, 0.29) is 11.7 Å². The molecular weight excluding hydrogens is 450 g/mol. The second-order valence-electron chi connectivity index (χ2n) is 7.71. The van der Waals surface area contributed by atoms with Crippen LogP contribution in [0.3, 0.4) is 0 Å². The number of fused-ring (bicyclic) bond motifs is 1. The number of aromatic nitrogens is 4. The van der Waals surface area contributed by atoms with E-state index >= 15 is 0 Å². The van der Waals surface area contributed by atoms with E-state index in [1.165, 1.54) is 11.8 Å². The summed E-state index contributed by atoms with van der Waals surface area (Å²) in [5, 5.41) is 12.4. The molecule has 0 unspecified atom stereocenters. The standard InChI is InChI=1S/C25H23N5O3S/c1-17-5-2-3-6-20(17)30-24(18-9-11-26-12-10-18)28-29-25(30)34-16-23(31)27-19-7-8-21-22(15-19)33-14-4-13-32-21/h2-3,5-12,15H,4,13-14,16H2,1H3,(H,27,31). The molecule has 172 valence electrons. The molecular formula is C25H23N5O3S. The average Bonchev–Trinajstić information content (AvgIpc) is 3.13. The van der Waals surface area contributed by atoms with Crippen molar-refractivity contribution in [2.24, 2.45) is 0 Å². The fraction of sp³-hybridized carbons (Fsp3) is 0.200. The summed E-state index contributed by atoms with van der Waals surface area (Å²) >= 11 is 1.33. The number of hydrogen-bond donors (Lipinski definition) is 1. The van der Waals surface area contributed by atoms with Crippen LogP contribution >= 0.6 is 11.8 Å². The van der Waals surface area contributed by atoms with Crippen LogP contribution in [0, 0.1) is 6.92 Å². The normalized spacial score (nSPS) is 12.7. The third kappa shape index (κ3) is 4.74. The summed E-state index contributed by atoms with van der Waals surface area (Å²) in [4.78, 5) is 16.8. The second kappa shape index (κ2) is 9.96. The fourth-order valence-corrected chi connectivity index (χ4v) is 4.40. The zero-order valence-corrected chi connectivity index (χ0v) is 19.4. The van der Waals surface area contributed by atoms with Crippen molar-refractivity contribution in [1.82, 2.24) is 19.7 Å². The zero-order chi connectivity index (χ0) is 23.3. The number of nitrogens with one attached hydrogen (secondary N) is 1. The molecule has 1 N–H and O–H groups in total. The number of nitrogens with zero attached hydrogens (tertiary/aromatic N) is 4. The molecule has 0 spiro atoms. The molecule has 9 heteroatoms. The molecule has 0 saturated carbocycles.